The molecule has 2 atom stereocenters. The summed E-state index contributed by atoms with van der Waals surface area (Å²) in [5.41, 5.74) is 3.17. The van der Waals surface area contributed by atoms with Crippen LogP contribution in [0.3, 0.4) is 0 Å². The molecule has 2 heterocycles. The zero-order valence-corrected chi connectivity index (χ0v) is 27.6. The fraction of sp³-hybridized carbons (Fsp3) is 0.486. The van der Waals surface area contributed by atoms with Crippen LogP contribution < -0.4 is 24.4 Å². The van der Waals surface area contributed by atoms with Gasteiger partial charge in [-0.05, 0) is 74.7 Å². The average Bonchev–Trinajstić information content (AvgIpc) is 3.07. The summed E-state index contributed by atoms with van der Waals surface area (Å²) in [7, 11) is 3.35. The quantitative estimate of drug-likeness (QED) is 0.196. The maximum absolute atomic E-state index is 13.2. The minimum atomic E-state index is -0.911. The van der Waals surface area contributed by atoms with Crippen LogP contribution in [0.1, 0.15) is 55.7 Å². The molecule has 0 radical (unpaired) electrons. The number of benzene rings is 3. The highest BCUT2D eigenvalue weighted by Crippen LogP contribution is 2.39. The average molecular weight is 633 g/mol. The predicted molar refractivity (Wildman–Crippen MR) is 178 cm³/mol. The van der Waals surface area contributed by atoms with E-state index >= 15 is 0 Å². The van der Waals surface area contributed by atoms with Crippen LogP contribution >= 0.6 is 0 Å². The number of fused-ring (bicyclic) bond motifs is 1. The van der Waals surface area contributed by atoms with Crippen LogP contribution in [0, 0.1) is 0 Å². The summed E-state index contributed by atoms with van der Waals surface area (Å²) in [5, 5.41) is 3.49. The van der Waals surface area contributed by atoms with Gasteiger partial charge in [-0.3, -0.25) is 4.79 Å². The van der Waals surface area contributed by atoms with E-state index in [1.807, 2.05) is 73.3 Å². The summed E-state index contributed by atoms with van der Waals surface area (Å²) in [6.45, 7) is 8.68. The van der Waals surface area contributed by atoms with E-state index in [1.165, 1.54) is 5.56 Å². The number of rotatable bonds is 16. The van der Waals surface area contributed by atoms with Gasteiger partial charge < -0.3 is 38.6 Å². The van der Waals surface area contributed by atoms with Gasteiger partial charge in [0.25, 0.3) is 5.91 Å². The Kier molecular flexibility index (Phi) is 11.9. The summed E-state index contributed by atoms with van der Waals surface area (Å²) >= 11 is 0. The van der Waals surface area contributed by atoms with Crippen molar-refractivity contribution in [1.82, 2.24) is 5.32 Å². The molecule has 0 saturated carbocycles. The standard InChI is InChI=1S/C37H48N2O7/c1-37(2)36(40)39(19-7-20-41-3)32-23-27(11-16-34(32)46-37)25-45-35-24-38-18-17-31(35)28-12-14-30(15-13-28)44-22-8-21-43-26-29-9-5-6-10-33(29)42-4/h5-6,9-16,23,31,35,38H,7-8,17-22,24-26H2,1-4H3. The maximum atomic E-state index is 13.2. The molecule has 46 heavy (non-hydrogen) atoms. The minimum Gasteiger partial charge on any atom is -0.496 e. The van der Waals surface area contributed by atoms with Crippen molar-refractivity contribution in [2.24, 2.45) is 0 Å². The molecule has 3 aromatic carbocycles. The van der Waals surface area contributed by atoms with Crippen molar-refractivity contribution < 1.29 is 33.2 Å². The van der Waals surface area contributed by atoms with Crippen molar-refractivity contribution in [2.45, 2.75) is 63.9 Å². The van der Waals surface area contributed by atoms with E-state index in [0.29, 0.717) is 45.3 Å². The Bertz CT molecular complexity index is 1410. The molecule has 2 aliphatic heterocycles. The Morgan fingerprint density at radius 1 is 0.957 bits per heavy atom. The van der Waals surface area contributed by atoms with Gasteiger partial charge in [0.2, 0.25) is 0 Å². The van der Waals surface area contributed by atoms with Crippen molar-refractivity contribution in [2.75, 3.05) is 58.6 Å². The zero-order chi connectivity index (χ0) is 32.4. The third-order valence-electron chi connectivity index (χ3n) is 8.52. The van der Waals surface area contributed by atoms with Gasteiger partial charge in [0.15, 0.2) is 5.60 Å². The van der Waals surface area contributed by atoms with Crippen molar-refractivity contribution in [1.29, 1.82) is 0 Å². The number of ether oxygens (including phenoxy) is 6. The monoisotopic (exact) mass is 632 g/mol. The van der Waals surface area contributed by atoms with E-state index in [1.54, 1.807) is 14.2 Å². The van der Waals surface area contributed by atoms with E-state index in [0.717, 1.165) is 60.7 Å². The fourth-order valence-corrected chi connectivity index (χ4v) is 6.05. The lowest BCUT2D eigenvalue weighted by Crippen LogP contribution is -2.52. The lowest BCUT2D eigenvalue weighted by atomic mass is 9.87. The molecule has 1 N–H and O–H groups in total. The van der Waals surface area contributed by atoms with Crippen LogP contribution in [0.4, 0.5) is 5.69 Å². The number of nitrogens with zero attached hydrogens (tertiary/aromatic N) is 1. The van der Waals surface area contributed by atoms with Crippen molar-refractivity contribution in [3.63, 3.8) is 0 Å². The molecule has 248 valence electrons. The highest BCUT2D eigenvalue weighted by atomic mass is 16.5. The van der Waals surface area contributed by atoms with Crippen molar-refractivity contribution in [3.8, 4) is 17.2 Å². The van der Waals surface area contributed by atoms with Crippen LogP contribution in [0.5, 0.6) is 17.2 Å². The summed E-state index contributed by atoms with van der Waals surface area (Å²) < 4.78 is 35.0. The molecule has 1 fully saturated rings. The third kappa shape index (κ3) is 8.59. The van der Waals surface area contributed by atoms with Crippen LogP contribution in [0.25, 0.3) is 0 Å². The second-order valence-electron chi connectivity index (χ2n) is 12.3. The van der Waals surface area contributed by atoms with Gasteiger partial charge in [-0.2, -0.15) is 0 Å². The van der Waals surface area contributed by atoms with Gasteiger partial charge in [-0.25, -0.2) is 0 Å². The molecule has 3 aromatic rings. The molecule has 5 rings (SSSR count). The third-order valence-corrected chi connectivity index (χ3v) is 8.52. The molecule has 0 aromatic heterocycles. The molecule has 2 unspecified atom stereocenters. The van der Waals surface area contributed by atoms with E-state index in [-0.39, 0.29) is 17.9 Å². The summed E-state index contributed by atoms with van der Waals surface area (Å²) in [4.78, 5) is 15.0. The predicted octanol–water partition coefficient (Wildman–Crippen LogP) is 5.88. The van der Waals surface area contributed by atoms with Gasteiger partial charge in [0.05, 0.1) is 45.3 Å². The molecule has 9 heteroatoms. The molecule has 1 amide bonds. The number of piperidine rings is 1. The second-order valence-corrected chi connectivity index (χ2v) is 12.3. The normalized spacial score (nSPS) is 19.0. The molecule has 2 aliphatic rings. The van der Waals surface area contributed by atoms with E-state index < -0.39 is 5.60 Å². The Morgan fingerprint density at radius 2 is 1.78 bits per heavy atom. The van der Waals surface area contributed by atoms with Crippen molar-refractivity contribution in [3.05, 3.63) is 83.4 Å². The first-order chi connectivity index (χ1) is 22.4. The van der Waals surface area contributed by atoms with E-state index in [9.17, 15) is 4.79 Å². The summed E-state index contributed by atoms with van der Waals surface area (Å²) in [6, 6.07) is 22.3. The number of anilines is 1. The number of amides is 1. The van der Waals surface area contributed by atoms with Gasteiger partial charge in [-0.15, -0.1) is 0 Å². The van der Waals surface area contributed by atoms with Crippen LogP contribution in [-0.2, 0) is 32.2 Å². The zero-order valence-electron chi connectivity index (χ0n) is 27.6. The Morgan fingerprint density at radius 3 is 2.59 bits per heavy atom. The lowest BCUT2D eigenvalue weighted by molar-refractivity contribution is -0.132. The number of para-hydroxylation sites is 1. The first-order valence-corrected chi connectivity index (χ1v) is 16.3. The van der Waals surface area contributed by atoms with Gasteiger partial charge >= 0.3 is 0 Å². The smallest absolute Gasteiger partial charge is 0.270 e. The Balaban J connectivity index is 1.12. The largest absolute Gasteiger partial charge is 0.496 e. The SMILES string of the molecule is COCCCN1C(=O)C(C)(C)Oc2ccc(COC3CNCCC3c3ccc(OCCCOCc4ccccc4OC)cc3)cc21. The van der Waals surface area contributed by atoms with Gasteiger partial charge in [0.1, 0.15) is 17.2 Å². The second kappa shape index (κ2) is 16.3. The Labute approximate surface area is 273 Å². The topological polar surface area (TPSA) is 87.7 Å². The number of hydrogen-bond donors (Lipinski definition) is 1. The first-order valence-electron chi connectivity index (χ1n) is 16.3. The molecule has 1 saturated heterocycles. The minimum absolute atomic E-state index is 0.0200. The molecule has 0 aliphatic carbocycles. The number of carbonyl (C=O) groups excluding carboxylic acids is 1. The Hall–Kier alpha value is -3.63. The molecule has 0 bridgehead atoms. The summed E-state index contributed by atoms with van der Waals surface area (Å²) in [6.07, 6.45) is 2.55. The molecule has 9 nitrogen and oxygen atoms in total. The first kappa shape index (κ1) is 33.7. The summed E-state index contributed by atoms with van der Waals surface area (Å²) in [5.74, 6) is 2.63. The van der Waals surface area contributed by atoms with Crippen LogP contribution in [-0.4, -0.2) is 71.3 Å². The number of nitrogens with one attached hydrogen (secondary N) is 1. The number of hydrogen-bond acceptors (Lipinski definition) is 8. The molecular formula is C37H48N2O7. The van der Waals surface area contributed by atoms with Crippen molar-refractivity contribution >= 4 is 11.6 Å². The highest BCUT2D eigenvalue weighted by molar-refractivity contribution is 6.02. The van der Waals surface area contributed by atoms with Crippen LogP contribution in [0.2, 0.25) is 0 Å². The highest BCUT2D eigenvalue weighted by Gasteiger charge is 2.40. The fourth-order valence-electron chi connectivity index (χ4n) is 6.05. The number of methoxy groups -OCH3 is 2. The number of carbonyl (C=O) groups is 1. The van der Waals surface area contributed by atoms with Crippen LogP contribution in [0.15, 0.2) is 66.7 Å². The molecular weight excluding hydrogens is 584 g/mol. The maximum Gasteiger partial charge on any atom is 0.270 e. The van der Waals surface area contributed by atoms with Gasteiger partial charge in [-0.1, -0.05) is 36.4 Å². The van der Waals surface area contributed by atoms with E-state index in [2.05, 4.69) is 17.4 Å². The molecule has 0 spiro atoms. The lowest BCUT2D eigenvalue weighted by Gasteiger charge is -2.39. The van der Waals surface area contributed by atoms with E-state index in [4.69, 9.17) is 28.4 Å². The van der Waals surface area contributed by atoms with Gasteiger partial charge in [0, 0.05) is 44.7 Å².